The number of nitrogen functional groups attached to an aromatic ring is 1. The fourth-order valence-electron chi connectivity index (χ4n) is 1.90. The van der Waals surface area contributed by atoms with E-state index in [4.69, 9.17) is 11.1 Å². The van der Waals surface area contributed by atoms with Crippen molar-refractivity contribution in [2.24, 2.45) is 0 Å². The molecule has 0 aromatic heterocycles. The van der Waals surface area contributed by atoms with Gasteiger partial charge in [-0.25, -0.2) is 13.6 Å². The zero-order chi connectivity index (χ0) is 15.6. The molecule has 2 aromatic rings. The Bertz CT molecular complexity index is 709. The van der Waals surface area contributed by atoms with Gasteiger partial charge < -0.3 is 10.5 Å². The van der Waals surface area contributed by atoms with Crippen molar-refractivity contribution in [3.8, 4) is 0 Å². The monoisotopic (exact) mass is 290 g/mol. The molecule has 6 heteroatoms. The summed E-state index contributed by atoms with van der Waals surface area (Å²) in [6.07, 6.45) is 0. The highest BCUT2D eigenvalue weighted by Crippen LogP contribution is 2.22. The zero-order valence-electron chi connectivity index (χ0n) is 11.1. The van der Waals surface area contributed by atoms with Gasteiger partial charge in [0.2, 0.25) is 0 Å². The predicted molar refractivity (Wildman–Crippen MR) is 74.5 cm³/mol. The van der Waals surface area contributed by atoms with Crippen LogP contribution in [0, 0.1) is 17.0 Å². The Hall–Kier alpha value is -2.76. The van der Waals surface area contributed by atoms with E-state index < -0.39 is 17.6 Å². The van der Waals surface area contributed by atoms with Gasteiger partial charge in [-0.3, -0.25) is 5.41 Å². The summed E-state index contributed by atoms with van der Waals surface area (Å²) < 4.78 is 32.3. The molecule has 0 fully saturated rings. The number of nitrogens with one attached hydrogen (secondary N) is 1. The predicted octanol–water partition coefficient (Wildman–Crippen LogP) is 2.75. The first-order valence-electron chi connectivity index (χ1n) is 5.97. The Morgan fingerprint density at radius 1 is 1.19 bits per heavy atom. The van der Waals surface area contributed by atoms with Gasteiger partial charge in [0.05, 0.1) is 23.9 Å². The molecule has 2 aromatic carbocycles. The molecule has 2 rings (SSSR count). The summed E-state index contributed by atoms with van der Waals surface area (Å²) in [5.41, 5.74) is 4.96. The minimum atomic E-state index is -0.828. The number of halogens is 2. The summed E-state index contributed by atoms with van der Waals surface area (Å²) in [5.74, 6) is -2.24. The minimum absolute atomic E-state index is 0.00746. The molecule has 0 amide bonds. The fourth-order valence-corrected chi connectivity index (χ4v) is 1.90. The third-order valence-corrected chi connectivity index (χ3v) is 2.96. The molecule has 0 saturated heterocycles. The molecule has 4 nitrogen and oxygen atoms in total. The topological polar surface area (TPSA) is 76.2 Å². The number of esters is 1. The van der Waals surface area contributed by atoms with Crippen LogP contribution in [0.2, 0.25) is 0 Å². The SMILES string of the molecule is COC(=O)c1ccc(C(=N)c2c(N)cccc2F)c(F)c1. The van der Waals surface area contributed by atoms with Gasteiger partial charge in [-0.15, -0.1) is 0 Å². The van der Waals surface area contributed by atoms with Crippen molar-refractivity contribution >= 4 is 17.4 Å². The molecule has 0 unspecified atom stereocenters. The second-order valence-electron chi connectivity index (χ2n) is 4.27. The van der Waals surface area contributed by atoms with Gasteiger partial charge in [0.25, 0.3) is 0 Å². The molecule has 108 valence electrons. The van der Waals surface area contributed by atoms with E-state index in [9.17, 15) is 13.6 Å². The molecule has 21 heavy (non-hydrogen) atoms. The Labute approximate surface area is 119 Å². The summed E-state index contributed by atoms with van der Waals surface area (Å²) in [5, 5.41) is 7.94. The highest BCUT2D eigenvalue weighted by atomic mass is 19.1. The van der Waals surface area contributed by atoms with Crippen LogP contribution in [0.15, 0.2) is 36.4 Å². The summed E-state index contributed by atoms with van der Waals surface area (Å²) in [4.78, 5) is 11.3. The second kappa shape index (κ2) is 5.70. The number of benzene rings is 2. The number of carbonyl (C=O) groups excluding carboxylic acids is 1. The average molecular weight is 290 g/mol. The lowest BCUT2D eigenvalue weighted by Crippen LogP contribution is -2.11. The second-order valence-corrected chi connectivity index (χ2v) is 4.27. The van der Waals surface area contributed by atoms with Crippen molar-refractivity contribution in [3.63, 3.8) is 0 Å². The van der Waals surface area contributed by atoms with Crippen LogP contribution in [-0.4, -0.2) is 18.8 Å². The van der Waals surface area contributed by atoms with Gasteiger partial charge in [0.15, 0.2) is 0 Å². The highest BCUT2D eigenvalue weighted by molar-refractivity contribution is 6.14. The molecule has 0 bridgehead atoms. The molecule has 0 heterocycles. The number of hydrogen-bond acceptors (Lipinski definition) is 4. The summed E-state index contributed by atoms with van der Waals surface area (Å²) in [6.45, 7) is 0. The van der Waals surface area contributed by atoms with Gasteiger partial charge in [-0.2, -0.15) is 0 Å². The van der Waals surface area contributed by atoms with Crippen molar-refractivity contribution in [3.05, 3.63) is 64.7 Å². The van der Waals surface area contributed by atoms with Crippen molar-refractivity contribution in [2.45, 2.75) is 0 Å². The number of methoxy groups -OCH3 is 1. The van der Waals surface area contributed by atoms with Gasteiger partial charge >= 0.3 is 5.97 Å². The lowest BCUT2D eigenvalue weighted by Gasteiger charge is -2.10. The van der Waals surface area contributed by atoms with Gasteiger partial charge in [-0.1, -0.05) is 6.07 Å². The van der Waals surface area contributed by atoms with Crippen molar-refractivity contribution < 1.29 is 18.3 Å². The minimum Gasteiger partial charge on any atom is -0.465 e. The van der Waals surface area contributed by atoms with E-state index in [2.05, 4.69) is 4.74 Å². The molecule has 0 saturated carbocycles. The van der Waals surface area contributed by atoms with Crippen LogP contribution in [0.3, 0.4) is 0 Å². The van der Waals surface area contributed by atoms with Crippen molar-refractivity contribution in [1.29, 1.82) is 5.41 Å². The van der Waals surface area contributed by atoms with E-state index in [-0.39, 0.29) is 28.1 Å². The lowest BCUT2D eigenvalue weighted by atomic mass is 9.98. The third kappa shape index (κ3) is 2.74. The maximum atomic E-state index is 14.0. The van der Waals surface area contributed by atoms with Gasteiger partial charge in [-0.05, 0) is 30.3 Å². The Morgan fingerprint density at radius 2 is 1.90 bits per heavy atom. The van der Waals surface area contributed by atoms with E-state index in [1.54, 1.807) is 0 Å². The molecule has 0 aliphatic carbocycles. The Morgan fingerprint density at radius 3 is 2.48 bits per heavy atom. The smallest absolute Gasteiger partial charge is 0.337 e. The van der Waals surface area contributed by atoms with Crippen molar-refractivity contribution in [2.75, 3.05) is 12.8 Å². The first-order chi connectivity index (χ1) is 9.95. The van der Waals surface area contributed by atoms with Crippen LogP contribution in [0.25, 0.3) is 0 Å². The third-order valence-electron chi connectivity index (χ3n) is 2.96. The first kappa shape index (κ1) is 14.6. The van der Waals surface area contributed by atoms with Crippen LogP contribution in [0.1, 0.15) is 21.5 Å². The standard InChI is InChI=1S/C15H12F2N2O2/c1-21-15(20)8-5-6-9(11(17)7-8)14(19)13-10(16)3-2-4-12(13)18/h2-7,19H,18H2,1H3. The summed E-state index contributed by atoms with van der Waals surface area (Å²) in [6, 6.07) is 7.42. The number of carbonyl (C=O) groups is 1. The molecule has 0 aliphatic rings. The summed E-state index contributed by atoms with van der Waals surface area (Å²) >= 11 is 0. The molecule has 0 radical (unpaired) electrons. The van der Waals surface area contributed by atoms with E-state index in [1.165, 1.54) is 31.4 Å². The highest BCUT2D eigenvalue weighted by Gasteiger charge is 2.18. The molecule has 0 atom stereocenters. The number of nitrogens with two attached hydrogens (primary N) is 1. The molecule has 0 aliphatic heterocycles. The largest absolute Gasteiger partial charge is 0.465 e. The number of rotatable bonds is 3. The molecular formula is C15H12F2N2O2. The average Bonchev–Trinajstić information content (AvgIpc) is 2.45. The van der Waals surface area contributed by atoms with E-state index in [0.717, 1.165) is 12.1 Å². The maximum absolute atomic E-state index is 14.0. The molecular weight excluding hydrogens is 278 g/mol. The Kier molecular flexibility index (Phi) is 3.98. The number of hydrogen-bond donors (Lipinski definition) is 2. The van der Waals surface area contributed by atoms with Crippen LogP contribution < -0.4 is 5.73 Å². The summed E-state index contributed by atoms with van der Waals surface area (Å²) in [7, 11) is 1.18. The van der Waals surface area contributed by atoms with E-state index in [1.807, 2.05) is 0 Å². The van der Waals surface area contributed by atoms with Gasteiger partial charge in [0, 0.05) is 11.3 Å². The first-order valence-corrected chi connectivity index (χ1v) is 5.97. The van der Waals surface area contributed by atoms with E-state index in [0.29, 0.717) is 0 Å². The van der Waals surface area contributed by atoms with Crippen LogP contribution >= 0.6 is 0 Å². The number of ether oxygens (including phenoxy) is 1. The maximum Gasteiger partial charge on any atom is 0.337 e. The van der Waals surface area contributed by atoms with Crippen LogP contribution in [0.4, 0.5) is 14.5 Å². The number of anilines is 1. The Balaban J connectivity index is 2.48. The lowest BCUT2D eigenvalue weighted by molar-refractivity contribution is 0.0600. The molecule has 3 N–H and O–H groups in total. The van der Waals surface area contributed by atoms with Crippen molar-refractivity contribution in [1.82, 2.24) is 0 Å². The zero-order valence-corrected chi connectivity index (χ0v) is 11.1. The van der Waals surface area contributed by atoms with Crippen LogP contribution in [-0.2, 0) is 4.74 Å². The van der Waals surface area contributed by atoms with Gasteiger partial charge in [0.1, 0.15) is 11.6 Å². The fraction of sp³-hybridized carbons (Fsp3) is 0.0667. The quantitative estimate of drug-likeness (QED) is 0.518. The van der Waals surface area contributed by atoms with E-state index >= 15 is 0 Å². The van der Waals surface area contributed by atoms with Crippen LogP contribution in [0.5, 0.6) is 0 Å². The normalized spacial score (nSPS) is 10.2. The molecule has 0 spiro atoms.